The number of aryl methyl sites for hydroxylation is 1. The standard InChI is InChI=1S/C16H27N5O2/c1-2-14-10-20(11-15(14)19-6-8-23-9-7-19)16(22)4-3-5-21-13-17-12-18-21/h12-15H,2-11H2,1H3/t14-,15+/m0/s1. The molecule has 0 bridgehead atoms. The van der Waals surface area contributed by atoms with Gasteiger partial charge in [-0.15, -0.1) is 0 Å². The number of hydrogen-bond acceptors (Lipinski definition) is 5. The van der Waals surface area contributed by atoms with Gasteiger partial charge in [0.05, 0.1) is 13.2 Å². The second-order valence-electron chi connectivity index (χ2n) is 6.44. The normalized spacial score (nSPS) is 25.9. The predicted molar refractivity (Wildman–Crippen MR) is 85.8 cm³/mol. The summed E-state index contributed by atoms with van der Waals surface area (Å²) in [5.74, 6) is 0.867. The molecule has 2 aliphatic heterocycles. The number of hydrogen-bond donors (Lipinski definition) is 0. The molecule has 0 aromatic carbocycles. The zero-order valence-electron chi connectivity index (χ0n) is 13.9. The molecular weight excluding hydrogens is 294 g/mol. The van der Waals surface area contributed by atoms with Crippen molar-refractivity contribution < 1.29 is 9.53 Å². The lowest BCUT2D eigenvalue weighted by Crippen LogP contribution is -2.47. The van der Waals surface area contributed by atoms with Crippen LogP contribution in [0, 0.1) is 5.92 Å². The third-order valence-corrected chi connectivity index (χ3v) is 5.04. The van der Waals surface area contributed by atoms with Gasteiger partial charge in [-0.3, -0.25) is 14.4 Å². The molecule has 0 saturated carbocycles. The minimum absolute atomic E-state index is 0.277. The van der Waals surface area contributed by atoms with E-state index in [1.807, 2.05) is 0 Å². The molecule has 1 aromatic rings. The average Bonchev–Trinajstić information content (AvgIpc) is 3.25. The molecule has 3 heterocycles. The second-order valence-corrected chi connectivity index (χ2v) is 6.44. The quantitative estimate of drug-likeness (QED) is 0.769. The summed E-state index contributed by atoms with van der Waals surface area (Å²) in [5.41, 5.74) is 0. The molecule has 1 amide bonds. The van der Waals surface area contributed by atoms with E-state index in [1.165, 1.54) is 6.33 Å². The number of rotatable bonds is 6. The van der Waals surface area contributed by atoms with E-state index in [9.17, 15) is 4.79 Å². The Labute approximate surface area is 137 Å². The first kappa shape index (κ1) is 16.4. The lowest BCUT2D eigenvalue weighted by Gasteiger charge is -2.34. The average molecular weight is 321 g/mol. The predicted octanol–water partition coefficient (Wildman–Crippen LogP) is 0.628. The maximum Gasteiger partial charge on any atom is 0.222 e. The van der Waals surface area contributed by atoms with Crippen LogP contribution in [0.25, 0.3) is 0 Å². The molecule has 0 aliphatic carbocycles. The number of likely N-dealkylation sites (tertiary alicyclic amines) is 1. The number of amides is 1. The van der Waals surface area contributed by atoms with Gasteiger partial charge in [-0.2, -0.15) is 5.10 Å². The van der Waals surface area contributed by atoms with Crippen LogP contribution in [0.15, 0.2) is 12.7 Å². The van der Waals surface area contributed by atoms with Crippen molar-refractivity contribution in [2.75, 3.05) is 39.4 Å². The second kappa shape index (κ2) is 7.88. The van der Waals surface area contributed by atoms with Gasteiger partial charge in [0.2, 0.25) is 5.91 Å². The highest BCUT2D eigenvalue weighted by Gasteiger charge is 2.37. The Morgan fingerprint density at radius 3 is 2.83 bits per heavy atom. The van der Waals surface area contributed by atoms with E-state index in [2.05, 4.69) is 26.8 Å². The summed E-state index contributed by atoms with van der Waals surface area (Å²) in [6.07, 6.45) is 5.76. The van der Waals surface area contributed by atoms with Crippen LogP contribution in [-0.4, -0.2) is 75.9 Å². The molecule has 2 aliphatic rings. The lowest BCUT2D eigenvalue weighted by molar-refractivity contribution is -0.130. The minimum Gasteiger partial charge on any atom is -0.379 e. The Balaban J connectivity index is 1.48. The lowest BCUT2D eigenvalue weighted by atomic mass is 9.99. The van der Waals surface area contributed by atoms with Gasteiger partial charge >= 0.3 is 0 Å². The van der Waals surface area contributed by atoms with Gasteiger partial charge in [-0.05, 0) is 12.3 Å². The van der Waals surface area contributed by atoms with Gasteiger partial charge in [0.1, 0.15) is 12.7 Å². The van der Waals surface area contributed by atoms with Crippen molar-refractivity contribution in [2.45, 2.75) is 38.8 Å². The maximum atomic E-state index is 12.5. The van der Waals surface area contributed by atoms with E-state index in [4.69, 9.17) is 4.74 Å². The number of carbonyl (C=O) groups is 1. The van der Waals surface area contributed by atoms with Crippen LogP contribution < -0.4 is 0 Å². The zero-order chi connectivity index (χ0) is 16.1. The molecule has 3 rings (SSSR count). The van der Waals surface area contributed by atoms with Gasteiger partial charge in [0.15, 0.2) is 0 Å². The van der Waals surface area contributed by atoms with Crippen molar-refractivity contribution in [3.63, 3.8) is 0 Å². The third kappa shape index (κ3) is 4.09. The van der Waals surface area contributed by atoms with Crippen LogP contribution >= 0.6 is 0 Å². The van der Waals surface area contributed by atoms with Crippen molar-refractivity contribution in [3.8, 4) is 0 Å². The van der Waals surface area contributed by atoms with Gasteiger partial charge in [0.25, 0.3) is 0 Å². The van der Waals surface area contributed by atoms with Crippen molar-refractivity contribution in [2.24, 2.45) is 5.92 Å². The van der Waals surface area contributed by atoms with Crippen LogP contribution in [0.1, 0.15) is 26.2 Å². The van der Waals surface area contributed by atoms with Crippen LogP contribution in [0.5, 0.6) is 0 Å². The Kier molecular flexibility index (Phi) is 5.61. The Bertz CT molecular complexity index is 487. The topological polar surface area (TPSA) is 63.5 Å². The van der Waals surface area contributed by atoms with Crippen molar-refractivity contribution >= 4 is 5.91 Å². The molecule has 0 N–H and O–H groups in total. The van der Waals surface area contributed by atoms with E-state index in [1.54, 1.807) is 11.0 Å². The zero-order valence-corrected chi connectivity index (χ0v) is 13.9. The van der Waals surface area contributed by atoms with Crippen molar-refractivity contribution in [3.05, 3.63) is 12.7 Å². The summed E-state index contributed by atoms with van der Waals surface area (Å²) in [4.78, 5) is 21.0. The van der Waals surface area contributed by atoms with Crippen LogP contribution in [0.3, 0.4) is 0 Å². The fourth-order valence-corrected chi connectivity index (χ4v) is 3.68. The molecule has 128 valence electrons. The van der Waals surface area contributed by atoms with Crippen LogP contribution in [-0.2, 0) is 16.1 Å². The molecule has 2 fully saturated rings. The molecule has 7 nitrogen and oxygen atoms in total. The van der Waals surface area contributed by atoms with Crippen molar-refractivity contribution in [1.29, 1.82) is 0 Å². The molecule has 23 heavy (non-hydrogen) atoms. The van der Waals surface area contributed by atoms with Crippen LogP contribution in [0.2, 0.25) is 0 Å². The van der Waals surface area contributed by atoms with Gasteiger partial charge in [-0.1, -0.05) is 13.3 Å². The summed E-state index contributed by atoms with van der Waals surface area (Å²) < 4.78 is 7.24. The molecule has 2 saturated heterocycles. The maximum absolute atomic E-state index is 12.5. The SMILES string of the molecule is CC[C@H]1CN(C(=O)CCCn2cncn2)C[C@H]1N1CCOCC1. The number of ether oxygens (including phenoxy) is 1. The summed E-state index contributed by atoms with van der Waals surface area (Å²) in [6, 6.07) is 0.503. The summed E-state index contributed by atoms with van der Waals surface area (Å²) >= 11 is 0. The van der Waals surface area contributed by atoms with Gasteiger partial charge in [-0.25, -0.2) is 4.98 Å². The number of morpholine rings is 1. The highest BCUT2D eigenvalue weighted by atomic mass is 16.5. The number of carbonyl (C=O) groups excluding carboxylic acids is 1. The Morgan fingerprint density at radius 1 is 1.30 bits per heavy atom. The van der Waals surface area contributed by atoms with Crippen molar-refractivity contribution in [1.82, 2.24) is 24.6 Å². The molecular formula is C16H27N5O2. The first-order valence-corrected chi connectivity index (χ1v) is 8.70. The molecule has 0 spiro atoms. The Hall–Kier alpha value is -1.47. The van der Waals surface area contributed by atoms with Gasteiger partial charge < -0.3 is 9.64 Å². The third-order valence-electron chi connectivity index (χ3n) is 5.04. The molecule has 7 heteroatoms. The summed E-state index contributed by atoms with van der Waals surface area (Å²) in [7, 11) is 0. The minimum atomic E-state index is 0.277. The van der Waals surface area contributed by atoms with E-state index in [0.717, 1.165) is 58.8 Å². The molecule has 1 aromatic heterocycles. The summed E-state index contributed by atoms with van der Waals surface area (Å²) in [5, 5.41) is 4.07. The smallest absolute Gasteiger partial charge is 0.222 e. The highest BCUT2D eigenvalue weighted by Crippen LogP contribution is 2.26. The van der Waals surface area contributed by atoms with Crippen LogP contribution in [0.4, 0.5) is 0 Å². The van der Waals surface area contributed by atoms with E-state index >= 15 is 0 Å². The highest BCUT2D eigenvalue weighted by molar-refractivity contribution is 5.76. The summed E-state index contributed by atoms with van der Waals surface area (Å²) in [6.45, 7) is 8.39. The first-order chi connectivity index (χ1) is 11.3. The number of nitrogens with zero attached hydrogens (tertiary/aromatic N) is 5. The van der Waals surface area contributed by atoms with Gasteiger partial charge in [0, 0.05) is 45.2 Å². The fourth-order valence-electron chi connectivity index (χ4n) is 3.68. The van der Waals surface area contributed by atoms with E-state index in [0.29, 0.717) is 18.4 Å². The largest absolute Gasteiger partial charge is 0.379 e. The molecule has 0 radical (unpaired) electrons. The molecule has 2 atom stereocenters. The fraction of sp³-hybridized carbons (Fsp3) is 0.812. The van der Waals surface area contributed by atoms with E-state index < -0.39 is 0 Å². The van der Waals surface area contributed by atoms with E-state index in [-0.39, 0.29) is 5.91 Å². The monoisotopic (exact) mass is 321 g/mol. The number of aromatic nitrogens is 3. The molecule has 0 unspecified atom stereocenters. The Morgan fingerprint density at radius 2 is 2.13 bits per heavy atom. The first-order valence-electron chi connectivity index (χ1n) is 8.70.